The number of nitrogens with one attached hydrogen (secondary N) is 1. The van der Waals surface area contributed by atoms with Crippen LogP contribution in [0.4, 0.5) is 0 Å². The SMILES string of the molecule is CCCC(OC1CC1)C(=O)NC(CCC(=O)C=[N+]=[N-])C(=O)O. The molecule has 122 valence electrons. The van der Waals surface area contributed by atoms with Crippen molar-refractivity contribution < 1.29 is 29.0 Å². The summed E-state index contributed by atoms with van der Waals surface area (Å²) in [7, 11) is 0. The summed E-state index contributed by atoms with van der Waals surface area (Å²) in [5, 5.41) is 11.5. The predicted molar refractivity (Wildman–Crippen MR) is 76.3 cm³/mol. The Labute approximate surface area is 128 Å². The third-order valence-corrected chi connectivity index (χ3v) is 3.22. The molecule has 1 saturated carbocycles. The van der Waals surface area contributed by atoms with E-state index in [2.05, 4.69) is 10.1 Å². The summed E-state index contributed by atoms with van der Waals surface area (Å²) >= 11 is 0. The lowest BCUT2D eigenvalue weighted by Gasteiger charge is -2.20. The Morgan fingerprint density at radius 3 is 2.59 bits per heavy atom. The molecule has 0 aliphatic heterocycles. The van der Waals surface area contributed by atoms with Gasteiger partial charge in [0, 0.05) is 6.42 Å². The summed E-state index contributed by atoms with van der Waals surface area (Å²) in [5.41, 5.74) is 8.22. The lowest BCUT2D eigenvalue weighted by molar-refractivity contribution is -0.145. The summed E-state index contributed by atoms with van der Waals surface area (Å²) in [6.45, 7) is 1.91. The van der Waals surface area contributed by atoms with Gasteiger partial charge >= 0.3 is 12.2 Å². The fourth-order valence-corrected chi connectivity index (χ4v) is 1.90. The number of nitrogens with zero attached hydrogens (tertiary/aromatic N) is 2. The van der Waals surface area contributed by atoms with Crippen LogP contribution >= 0.6 is 0 Å². The first kappa shape index (κ1) is 18.0. The quantitative estimate of drug-likeness (QED) is 0.327. The van der Waals surface area contributed by atoms with Crippen LogP contribution in [-0.2, 0) is 19.1 Å². The number of rotatable bonds is 11. The van der Waals surface area contributed by atoms with Crippen molar-refractivity contribution >= 4 is 23.9 Å². The highest BCUT2D eigenvalue weighted by molar-refractivity contribution is 6.25. The Bertz CT molecular complexity index is 469. The number of aliphatic carboxylic acids is 1. The van der Waals surface area contributed by atoms with Crippen molar-refractivity contribution in [3.63, 3.8) is 0 Å². The smallest absolute Gasteiger partial charge is 0.326 e. The van der Waals surface area contributed by atoms with Gasteiger partial charge in [0.05, 0.1) is 6.10 Å². The molecule has 0 aromatic rings. The minimum atomic E-state index is -1.22. The van der Waals surface area contributed by atoms with Crippen molar-refractivity contribution in [1.82, 2.24) is 5.32 Å². The van der Waals surface area contributed by atoms with Crippen molar-refractivity contribution in [2.24, 2.45) is 0 Å². The number of ether oxygens (including phenoxy) is 1. The molecule has 2 unspecified atom stereocenters. The Morgan fingerprint density at radius 1 is 1.41 bits per heavy atom. The van der Waals surface area contributed by atoms with Crippen LogP contribution < -0.4 is 5.32 Å². The molecule has 1 aliphatic carbocycles. The van der Waals surface area contributed by atoms with Gasteiger partial charge in [0.1, 0.15) is 12.1 Å². The first-order chi connectivity index (χ1) is 10.5. The molecule has 8 heteroatoms. The molecule has 0 spiro atoms. The number of carbonyl (C=O) groups excluding carboxylic acids is 2. The van der Waals surface area contributed by atoms with Crippen LogP contribution in [0.2, 0.25) is 0 Å². The number of carboxylic acids is 1. The highest BCUT2D eigenvalue weighted by Gasteiger charge is 2.31. The maximum absolute atomic E-state index is 12.1. The first-order valence-electron chi connectivity index (χ1n) is 7.36. The van der Waals surface area contributed by atoms with E-state index in [0.29, 0.717) is 12.6 Å². The summed E-state index contributed by atoms with van der Waals surface area (Å²) in [4.78, 5) is 37.1. The van der Waals surface area contributed by atoms with E-state index >= 15 is 0 Å². The van der Waals surface area contributed by atoms with E-state index < -0.39 is 29.8 Å². The van der Waals surface area contributed by atoms with Gasteiger partial charge < -0.3 is 20.7 Å². The first-order valence-corrected chi connectivity index (χ1v) is 7.36. The zero-order chi connectivity index (χ0) is 16.5. The van der Waals surface area contributed by atoms with Crippen LogP contribution in [0.15, 0.2) is 0 Å². The number of carbonyl (C=O) groups is 3. The molecule has 0 bridgehead atoms. The molecule has 0 aromatic carbocycles. The van der Waals surface area contributed by atoms with Gasteiger partial charge in [-0.2, -0.15) is 4.79 Å². The van der Waals surface area contributed by atoms with Crippen LogP contribution in [0.3, 0.4) is 0 Å². The number of ketones is 1. The summed E-state index contributed by atoms with van der Waals surface area (Å²) in [6, 6.07) is -1.18. The fraction of sp³-hybridized carbons (Fsp3) is 0.714. The zero-order valence-electron chi connectivity index (χ0n) is 12.5. The maximum atomic E-state index is 12.1. The summed E-state index contributed by atoms with van der Waals surface area (Å²) in [6.07, 6.45) is 3.03. The van der Waals surface area contributed by atoms with Gasteiger partial charge in [0.15, 0.2) is 0 Å². The van der Waals surface area contributed by atoms with E-state index in [0.717, 1.165) is 19.3 Å². The Balaban J connectivity index is 2.55. The number of carboxylic acid groups (broad SMARTS) is 1. The average Bonchev–Trinajstić information content (AvgIpc) is 3.26. The number of hydrogen-bond donors (Lipinski definition) is 2. The molecule has 0 saturated heterocycles. The number of Topliss-reactive ketones (excluding diaryl/α,β-unsaturated/α-hetero) is 1. The Hall–Kier alpha value is -2.05. The van der Waals surface area contributed by atoms with E-state index in [1.54, 1.807) is 0 Å². The Kier molecular flexibility index (Phi) is 7.42. The molecule has 0 heterocycles. The molecule has 22 heavy (non-hydrogen) atoms. The maximum Gasteiger partial charge on any atom is 0.326 e. The van der Waals surface area contributed by atoms with Gasteiger partial charge in [-0.3, -0.25) is 9.59 Å². The predicted octanol–water partition coefficient (Wildman–Crippen LogP) is 0.553. The lowest BCUT2D eigenvalue weighted by atomic mass is 10.1. The lowest BCUT2D eigenvalue weighted by Crippen LogP contribution is -2.46. The Morgan fingerprint density at radius 2 is 2.09 bits per heavy atom. The highest BCUT2D eigenvalue weighted by atomic mass is 16.5. The third-order valence-electron chi connectivity index (χ3n) is 3.22. The van der Waals surface area contributed by atoms with Crippen molar-refractivity contribution in [2.45, 2.75) is 63.7 Å². The normalized spacial score (nSPS) is 16.2. The van der Waals surface area contributed by atoms with E-state index in [9.17, 15) is 14.4 Å². The molecule has 1 aliphatic rings. The molecule has 2 N–H and O–H groups in total. The molecule has 8 nitrogen and oxygen atoms in total. The largest absolute Gasteiger partial charge is 0.480 e. The van der Waals surface area contributed by atoms with Crippen LogP contribution in [0, 0.1) is 0 Å². The number of amides is 1. The standard InChI is InChI=1S/C14H21N3O5/c1-2-3-12(22-10-5-6-10)13(19)17-11(14(20)21)7-4-9(18)8-16-15/h8,10-12H,2-7H2,1H3,(H,17,19)(H,20,21). The minimum absolute atomic E-state index is 0.0752. The molecular weight excluding hydrogens is 290 g/mol. The van der Waals surface area contributed by atoms with E-state index in [-0.39, 0.29) is 18.9 Å². The molecule has 0 radical (unpaired) electrons. The fourth-order valence-electron chi connectivity index (χ4n) is 1.90. The third kappa shape index (κ3) is 6.60. The molecule has 2 atom stereocenters. The van der Waals surface area contributed by atoms with E-state index in [1.807, 2.05) is 6.92 Å². The van der Waals surface area contributed by atoms with Gasteiger partial charge in [0.2, 0.25) is 11.7 Å². The van der Waals surface area contributed by atoms with Crippen molar-refractivity contribution in [1.29, 1.82) is 0 Å². The topological polar surface area (TPSA) is 129 Å². The van der Waals surface area contributed by atoms with Crippen LogP contribution in [0.1, 0.15) is 45.4 Å². The molecular formula is C14H21N3O5. The van der Waals surface area contributed by atoms with E-state index in [4.69, 9.17) is 15.4 Å². The van der Waals surface area contributed by atoms with Crippen molar-refractivity contribution in [3.05, 3.63) is 5.53 Å². The summed E-state index contributed by atoms with van der Waals surface area (Å²) < 4.78 is 5.58. The van der Waals surface area contributed by atoms with Gasteiger partial charge in [0.25, 0.3) is 0 Å². The minimum Gasteiger partial charge on any atom is -0.480 e. The molecule has 1 amide bonds. The second-order valence-corrected chi connectivity index (χ2v) is 5.26. The molecule has 0 aromatic heterocycles. The van der Waals surface area contributed by atoms with Crippen molar-refractivity contribution in [2.75, 3.05) is 0 Å². The van der Waals surface area contributed by atoms with E-state index in [1.165, 1.54) is 0 Å². The second kappa shape index (κ2) is 9.07. The van der Waals surface area contributed by atoms with Gasteiger partial charge in [-0.25, -0.2) is 4.79 Å². The van der Waals surface area contributed by atoms with Gasteiger partial charge in [-0.05, 0) is 25.7 Å². The van der Waals surface area contributed by atoms with Crippen LogP contribution in [0.5, 0.6) is 0 Å². The van der Waals surface area contributed by atoms with Crippen molar-refractivity contribution in [3.8, 4) is 0 Å². The second-order valence-electron chi connectivity index (χ2n) is 5.26. The average molecular weight is 311 g/mol. The van der Waals surface area contributed by atoms with Crippen LogP contribution in [-0.4, -0.2) is 52.0 Å². The van der Waals surface area contributed by atoms with Gasteiger partial charge in [-0.15, -0.1) is 0 Å². The van der Waals surface area contributed by atoms with Crippen LogP contribution in [0.25, 0.3) is 5.53 Å². The monoisotopic (exact) mass is 311 g/mol. The molecule has 1 rings (SSSR count). The molecule has 1 fully saturated rings. The number of hydrogen-bond acceptors (Lipinski definition) is 4. The van der Waals surface area contributed by atoms with Gasteiger partial charge in [-0.1, -0.05) is 13.3 Å². The summed E-state index contributed by atoms with van der Waals surface area (Å²) in [5.74, 6) is -2.20. The highest BCUT2D eigenvalue weighted by Crippen LogP contribution is 2.26. The zero-order valence-corrected chi connectivity index (χ0v) is 12.5.